The smallest absolute Gasteiger partial charge is 0.312 e. The van der Waals surface area contributed by atoms with Crippen LogP contribution in [0.3, 0.4) is 0 Å². The fraction of sp³-hybridized carbons (Fsp3) is 0.429. The van der Waals surface area contributed by atoms with Crippen molar-refractivity contribution < 1.29 is 32.8 Å². The lowest BCUT2D eigenvalue weighted by Crippen LogP contribution is -2.62. The normalized spacial score (nSPS) is 20.0. The Hall–Kier alpha value is -3.70. The molecule has 2 unspecified atom stereocenters. The maximum absolute atomic E-state index is 13.4. The third-order valence-corrected chi connectivity index (χ3v) is 5.48. The van der Waals surface area contributed by atoms with Gasteiger partial charge < -0.3 is 15.1 Å². The number of halogens is 2. The van der Waals surface area contributed by atoms with Crippen LogP contribution in [0.2, 0.25) is 0 Å². The van der Waals surface area contributed by atoms with Crippen molar-refractivity contribution in [3.63, 3.8) is 0 Å². The number of amides is 4. The van der Waals surface area contributed by atoms with Crippen molar-refractivity contribution in [2.24, 2.45) is 4.99 Å². The molecule has 0 bridgehead atoms. The average Bonchev–Trinajstić information content (AvgIpc) is 2.79. The minimum Gasteiger partial charge on any atom is -0.350 e. The Morgan fingerprint density at radius 1 is 1.12 bits per heavy atom. The summed E-state index contributed by atoms with van der Waals surface area (Å²) < 4.78 is 26.4. The Morgan fingerprint density at radius 3 is 2.45 bits per heavy atom. The lowest BCUT2D eigenvalue weighted by molar-refractivity contribution is -0.151. The van der Waals surface area contributed by atoms with Crippen LogP contribution >= 0.6 is 0 Å². The van der Waals surface area contributed by atoms with Gasteiger partial charge in [-0.2, -0.15) is 0 Å². The molecule has 0 spiro atoms. The molecule has 0 radical (unpaired) electrons. The van der Waals surface area contributed by atoms with Gasteiger partial charge in [-0.05, 0) is 30.5 Å². The fourth-order valence-corrected chi connectivity index (χ4v) is 3.63. The zero-order chi connectivity index (χ0) is 24.4. The zero-order valence-electron chi connectivity index (χ0n) is 18.3. The van der Waals surface area contributed by atoms with Crippen molar-refractivity contribution in [1.82, 2.24) is 20.0 Å². The van der Waals surface area contributed by atoms with Crippen LogP contribution in [0.1, 0.15) is 18.4 Å². The first-order chi connectivity index (χ1) is 15.5. The molecule has 3 rings (SSSR count). The van der Waals surface area contributed by atoms with Gasteiger partial charge in [0.25, 0.3) is 17.6 Å². The van der Waals surface area contributed by atoms with E-state index < -0.39 is 53.1 Å². The number of amidine groups is 1. The second-order valence-electron chi connectivity index (χ2n) is 7.95. The maximum atomic E-state index is 13.4. The van der Waals surface area contributed by atoms with Crippen LogP contribution in [-0.4, -0.2) is 89.7 Å². The van der Waals surface area contributed by atoms with E-state index in [4.69, 9.17) is 0 Å². The molecule has 1 aromatic rings. The van der Waals surface area contributed by atoms with Crippen LogP contribution in [0, 0.1) is 11.6 Å². The number of benzene rings is 1. The van der Waals surface area contributed by atoms with E-state index in [1.54, 1.807) is 0 Å². The molecule has 4 amide bonds. The highest BCUT2D eigenvalue weighted by atomic mass is 19.2. The van der Waals surface area contributed by atoms with Gasteiger partial charge in [-0.3, -0.25) is 28.9 Å². The summed E-state index contributed by atoms with van der Waals surface area (Å²) in [4.78, 5) is 70.0. The van der Waals surface area contributed by atoms with Gasteiger partial charge in [0.05, 0.1) is 6.04 Å². The quantitative estimate of drug-likeness (QED) is 0.476. The standard InChI is InChI=1S/C21H23F2N5O5/c1-26(2)20(32)21(33)27(3)14-5-4-8-28-17(14)25-15(16(29)19(28)31)18(30)24-10-11-6-7-12(22)13(23)9-11/h6-7,9,14-15H,4-5,8,10H2,1-3H3,(H,24,30). The topological polar surface area (TPSA) is 119 Å². The Morgan fingerprint density at radius 2 is 1.82 bits per heavy atom. The second kappa shape index (κ2) is 9.43. The lowest BCUT2D eigenvalue weighted by Gasteiger charge is -2.40. The van der Waals surface area contributed by atoms with Crippen LogP contribution < -0.4 is 5.32 Å². The molecule has 1 aromatic carbocycles. The Labute approximate surface area is 188 Å². The Kier molecular flexibility index (Phi) is 6.84. The molecule has 1 fully saturated rings. The first-order valence-electron chi connectivity index (χ1n) is 10.2. The number of hydrogen-bond donors (Lipinski definition) is 1. The fourth-order valence-electron chi connectivity index (χ4n) is 3.63. The first-order valence-corrected chi connectivity index (χ1v) is 10.2. The van der Waals surface area contributed by atoms with Gasteiger partial charge in [0, 0.05) is 34.2 Å². The summed E-state index contributed by atoms with van der Waals surface area (Å²) in [6.07, 6.45) is 0.840. The number of rotatable bonds is 4. The number of nitrogens with zero attached hydrogens (tertiary/aromatic N) is 4. The highest BCUT2D eigenvalue weighted by Gasteiger charge is 2.46. The van der Waals surface area contributed by atoms with E-state index in [-0.39, 0.29) is 24.5 Å². The van der Waals surface area contributed by atoms with Crippen LogP contribution in [-0.2, 0) is 30.5 Å². The molecular formula is C21H23F2N5O5. The van der Waals surface area contributed by atoms with Crippen molar-refractivity contribution in [3.8, 4) is 0 Å². The molecule has 0 aromatic heterocycles. The molecule has 2 aliphatic rings. The van der Waals surface area contributed by atoms with Gasteiger partial charge in [0.1, 0.15) is 5.84 Å². The number of carbonyl (C=O) groups is 5. The van der Waals surface area contributed by atoms with Crippen LogP contribution in [0.4, 0.5) is 8.78 Å². The predicted molar refractivity (Wildman–Crippen MR) is 111 cm³/mol. The number of carbonyl (C=O) groups excluding carboxylic acids is 5. The highest BCUT2D eigenvalue weighted by Crippen LogP contribution is 2.23. The summed E-state index contributed by atoms with van der Waals surface area (Å²) in [6.45, 7) is -0.0332. The highest BCUT2D eigenvalue weighted by molar-refractivity contribution is 6.46. The number of piperidine rings is 1. The number of aliphatic imine (C=N–C) groups is 1. The molecule has 1 saturated heterocycles. The van der Waals surface area contributed by atoms with Gasteiger partial charge in [0.15, 0.2) is 17.7 Å². The van der Waals surface area contributed by atoms with Gasteiger partial charge in [-0.15, -0.1) is 0 Å². The molecule has 33 heavy (non-hydrogen) atoms. The molecule has 0 saturated carbocycles. The predicted octanol–water partition coefficient (Wildman–Crippen LogP) is -0.532. The monoisotopic (exact) mass is 463 g/mol. The number of fused-ring (bicyclic) bond motifs is 1. The summed E-state index contributed by atoms with van der Waals surface area (Å²) >= 11 is 0. The van der Waals surface area contributed by atoms with E-state index in [0.717, 1.165) is 26.8 Å². The number of hydrogen-bond acceptors (Lipinski definition) is 6. The minimum atomic E-state index is -1.69. The molecular weight excluding hydrogens is 440 g/mol. The molecule has 2 aliphatic heterocycles. The summed E-state index contributed by atoms with van der Waals surface area (Å²) in [7, 11) is 4.24. The van der Waals surface area contributed by atoms with E-state index in [1.807, 2.05) is 0 Å². The first kappa shape index (κ1) is 24.0. The molecule has 2 heterocycles. The van der Waals surface area contributed by atoms with Crippen LogP contribution in [0.5, 0.6) is 0 Å². The second-order valence-corrected chi connectivity index (χ2v) is 7.95. The van der Waals surface area contributed by atoms with E-state index >= 15 is 0 Å². The van der Waals surface area contributed by atoms with Crippen molar-refractivity contribution in [1.29, 1.82) is 0 Å². The summed E-state index contributed by atoms with van der Waals surface area (Å²) in [5.74, 6) is -6.54. The number of ketones is 1. The lowest BCUT2D eigenvalue weighted by atomic mass is 9.98. The van der Waals surface area contributed by atoms with Crippen molar-refractivity contribution in [2.45, 2.75) is 31.5 Å². The number of likely N-dealkylation sites (N-methyl/N-ethyl adjacent to an activating group) is 2. The minimum absolute atomic E-state index is 0.0567. The summed E-state index contributed by atoms with van der Waals surface area (Å²) in [5, 5.41) is 2.39. The van der Waals surface area contributed by atoms with E-state index in [2.05, 4.69) is 10.3 Å². The summed E-state index contributed by atoms with van der Waals surface area (Å²) in [5.41, 5.74) is 0.245. The SMILES string of the molecule is CN(C)C(=O)C(=O)N(C)C1CCCN2C(=O)C(=O)C(C(=O)NCc3ccc(F)c(F)c3)N=C12. The molecule has 12 heteroatoms. The zero-order valence-corrected chi connectivity index (χ0v) is 18.3. The third-order valence-electron chi connectivity index (χ3n) is 5.48. The van der Waals surface area contributed by atoms with Crippen molar-refractivity contribution in [2.75, 3.05) is 27.7 Å². The molecule has 0 aliphatic carbocycles. The maximum Gasteiger partial charge on any atom is 0.312 e. The molecule has 2 atom stereocenters. The number of nitrogens with one attached hydrogen (secondary N) is 1. The van der Waals surface area contributed by atoms with Gasteiger partial charge in [-0.25, -0.2) is 13.8 Å². The van der Waals surface area contributed by atoms with Crippen molar-refractivity contribution in [3.05, 3.63) is 35.4 Å². The largest absolute Gasteiger partial charge is 0.350 e. The molecule has 1 N–H and O–H groups in total. The van der Waals surface area contributed by atoms with E-state index in [1.165, 1.54) is 27.2 Å². The van der Waals surface area contributed by atoms with Crippen LogP contribution in [0.15, 0.2) is 23.2 Å². The van der Waals surface area contributed by atoms with Gasteiger partial charge in [-0.1, -0.05) is 6.07 Å². The average molecular weight is 463 g/mol. The summed E-state index contributed by atoms with van der Waals surface area (Å²) in [6, 6.07) is 0.589. The number of Topliss-reactive ketones (excluding diaryl/α,β-unsaturated/α-hetero) is 1. The molecule has 176 valence electrons. The van der Waals surface area contributed by atoms with Gasteiger partial charge in [0.2, 0.25) is 0 Å². The van der Waals surface area contributed by atoms with E-state index in [0.29, 0.717) is 12.8 Å². The van der Waals surface area contributed by atoms with Gasteiger partial charge >= 0.3 is 11.8 Å². The van der Waals surface area contributed by atoms with Crippen LogP contribution in [0.25, 0.3) is 0 Å². The third kappa shape index (κ3) is 4.73. The van der Waals surface area contributed by atoms with Crippen molar-refractivity contribution >= 4 is 35.2 Å². The Bertz CT molecular complexity index is 1060. The molecule has 10 nitrogen and oxygen atoms in total. The van der Waals surface area contributed by atoms with E-state index in [9.17, 15) is 32.8 Å². The Balaban J connectivity index is 1.83.